The summed E-state index contributed by atoms with van der Waals surface area (Å²) in [6, 6.07) is 7.78. The fourth-order valence-electron chi connectivity index (χ4n) is 2.42. The summed E-state index contributed by atoms with van der Waals surface area (Å²) in [7, 11) is 1.60. The van der Waals surface area contributed by atoms with Crippen LogP contribution in [0.15, 0.2) is 28.7 Å². The van der Waals surface area contributed by atoms with E-state index in [-0.39, 0.29) is 24.0 Å². The van der Waals surface area contributed by atoms with Gasteiger partial charge in [-0.25, -0.2) is 0 Å². The van der Waals surface area contributed by atoms with Crippen LogP contribution in [0, 0.1) is 0 Å². The molecule has 1 atom stereocenters. The van der Waals surface area contributed by atoms with Crippen LogP contribution in [0.5, 0.6) is 0 Å². The van der Waals surface area contributed by atoms with Gasteiger partial charge >= 0.3 is 0 Å². The Kier molecular flexibility index (Phi) is 5.18. The zero-order chi connectivity index (χ0) is 14.6. The molecule has 0 spiro atoms. The molecule has 20 heavy (non-hydrogen) atoms. The molecule has 0 aliphatic heterocycles. The van der Waals surface area contributed by atoms with Crippen LogP contribution in [0.1, 0.15) is 24.8 Å². The molecule has 1 amide bonds. The fourth-order valence-corrected chi connectivity index (χ4v) is 2.68. The van der Waals surface area contributed by atoms with Crippen molar-refractivity contribution in [2.75, 3.05) is 20.3 Å². The second kappa shape index (κ2) is 6.70. The third-order valence-corrected chi connectivity index (χ3v) is 4.29. The molecule has 0 bridgehead atoms. The van der Waals surface area contributed by atoms with Gasteiger partial charge in [0.25, 0.3) is 0 Å². The molecule has 0 heterocycles. The highest BCUT2D eigenvalue weighted by Crippen LogP contribution is 2.48. The predicted octanol–water partition coefficient (Wildman–Crippen LogP) is 1.99. The highest BCUT2D eigenvalue weighted by Gasteiger charge is 2.51. The standard InChI is InChI=1S/C15H20BrNO3/c1-20-10-13(6-9-18)17-14(19)15(7-8-15)11-2-4-12(16)5-3-11/h2-5,13,18H,6-10H2,1H3,(H,17,19). The van der Waals surface area contributed by atoms with Gasteiger partial charge in [-0.1, -0.05) is 28.1 Å². The number of halogens is 1. The number of ether oxygens (including phenoxy) is 1. The maximum absolute atomic E-state index is 12.5. The first kappa shape index (κ1) is 15.5. The second-order valence-electron chi connectivity index (χ2n) is 5.23. The molecule has 2 N–H and O–H groups in total. The van der Waals surface area contributed by atoms with Crippen LogP contribution in [0.3, 0.4) is 0 Å². The Balaban J connectivity index is 2.05. The van der Waals surface area contributed by atoms with Crippen molar-refractivity contribution >= 4 is 21.8 Å². The Morgan fingerprint density at radius 3 is 2.60 bits per heavy atom. The zero-order valence-corrected chi connectivity index (χ0v) is 13.1. The van der Waals surface area contributed by atoms with E-state index in [9.17, 15) is 4.79 Å². The van der Waals surface area contributed by atoms with E-state index in [4.69, 9.17) is 9.84 Å². The lowest BCUT2D eigenvalue weighted by Gasteiger charge is -2.22. The molecule has 0 saturated heterocycles. The van der Waals surface area contributed by atoms with Crippen molar-refractivity contribution < 1.29 is 14.6 Å². The zero-order valence-electron chi connectivity index (χ0n) is 11.6. The lowest BCUT2D eigenvalue weighted by Crippen LogP contribution is -2.44. The highest BCUT2D eigenvalue weighted by molar-refractivity contribution is 9.10. The summed E-state index contributed by atoms with van der Waals surface area (Å²) < 4.78 is 6.09. The van der Waals surface area contributed by atoms with Gasteiger partial charge in [0, 0.05) is 18.2 Å². The van der Waals surface area contributed by atoms with Gasteiger partial charge < -0.3 is 15.2 Å². The SMILES string of the molecule is COCC(CCO)NC(=O)C1(c2ccc(Br)cc2)CC1. The molecule has 1 aromatic carbocycles. The van der Waals surface area contributed by atoms with Crippen molar-refractivity contribution in [3.63, 3.8) is 0 Å². The number of rotatable bonds is 7. The molecule has 2 rings (SSSR count). The first-order valence-corrected chi connectivity index (χ1v) is 7.58. The predicted molar refractivity (Wildman–Crippen MR) is 80.6 cm³/mol. The molecule has 1 fully saturated rings. The Morgan fingerprint density at radius 2 is 2.10 bits per heavy atom. The minimum Gasteiger partial charge on any atom is -0.396 e. The average Bonchev–Trinajstić information content (AvgIpc) is 3.21. The molecule has 0 aromatic heterocycles. The van der Waals surface area contributed by atoms with Gasteiger partial charge in [0.1, 0.15) is 0 Å². The Labute approximate surface area is 127 Å². The van der Waals surface area contributed by atoms with E-state index in [2.05, 4.69) is 21.2 Å². The van der Waals surface area contributed by atoms with Gasteiger partial charge in [-0.2, -0.15) is 0 Å². The number of methoxy groups -OCH3 is 1. The van der Waals surface area contributed by atoms with Gasteiger partial charge in [-0.15, -0.1) is 0 Å². The fraction of sp³-hybridized carbons (Fsp3) is 0.533. The quantitative estimate of drug-likeness (QED) is 0.797. The van der Waals surface area contributed by atoms with E-state index in [1.807, 2.05) is 24.3 Å². The summed E-state index contributed by atoms with van der Waals surface area (Å²) in [6.07, 6.45) is 2.26. The number of benzene rings is 1. The van der Waals surface area contributed by atoms with Gasteiger partial charge in [0.15, 0.2) is 0 Å². The molecule has 5 heteroatoms. The van der Waals surface area contributed by atoms with Crippen LogP contribution in [0.2, 0.25) is 0 Å². The first-order valence-electron chi connectivity index (χ1n) is 6.79. The number of nitrogens with one attached hydrogen (secondary N) is 1. The van der Waals surface area contributed by atoms with Crippen molar-refractivity contribution in [1.82, 2.24) is 5.32 Å². The summed E-state index contributed by atoms with van der Waals surface area (Å²) in [5.41, 5.74) is 0.667. The number of amides is 1. The molecular weight excluding hydrogens is 322 g/mol. The summed E-state index contributed by atoms with van der Waals surface area (Å²) in [5, 5.41) is 12.0. The van der Waals surface area contributed by atoms with Crippen molar-refractivity contribution in [3.8, 4) is 0 Å². The molecular formula is C15H20BrNO3. The average molecular weight is 342 g/mol. The van der Waals surface area contributed by atoms with E-state index in [0.717, 1.165) is 22.9 Å². The number of hydrogen-bond donors (Lipinski definition) is 2. The van der Waals surface area contributed by atoms with Gasteiger partial charge in [-0.3, -0.25) is 4.79 Å². The maximum atomic E-state index is 12.5. The van der Waals surface area contributed by atoms with E-state index >= 15 is 0 Å². The minimum atomic E-state index is -0.387. The second-order valence-corrected chi connectivity index (χ2v) is 6.14. The number of hydrogen-bond acceptors (Lipinski definition) is 3. The van der Waals surface area contributed by atoms with Gasteiger partial charge in [0.05, 0.1) is 18.1 Å². The van der Waals surface area contributed by atoms with E-state index in [0.29, 0.717) is 13.0 Å². The summed E-state index contributed by atoms with van der Waals surface area (Å²) in [4.78, 5) is 12.5. The van der Waals surface area contributed by atoms with Crippen molar-refractivity contribution in [3.05, 3.63) is 34.3 Å². The summed E-state index contributed by atoms with van der Waals surface area (Å²) >= 11 is 3.41. The van der Waals surface area contributed by atoms with Crippen LogP contribution in [0.25, 0.3) is 0 Å². The smallest absolute Gasteiger partial charge is 0.230 e. The van der Waals surface area contributed by atoms with Crippen LogP contribution in [-0.2, 0) is 14.9 Å². The first-order chi connectivity index (χ1) is 9.62. The molecule has 1 aromatic rings. The van der Waals surface area contributed by atoms with Gasteiger partial charge in [0.2, 0.25) is 5.91 Å². The molecule has 1 aliphatic carbocycles. The maximum Gasteiger partial charge on any atom is 0.230 e. The van der Waals surface area contributed by atoms with Crippen molar-refractivity contribution in [1.29, 1.82) is 0 Å². The lowest BCUT2D eigenvalue weighted by atomic mass is 9.94. The van der Waals surface area contributed by atoms with E-state index in [1.54, 1.807) is 7.11 Å². The number of carbonyl (C=O) groups is 1. The Hall–Kier alpha value is -0.910. The topological polar surface area (TPSA) is 58.6 Å². The number of aliphatic hydroxyl groups is 1. The largest absolute Gasteiger partial charge is 0.396 e. The van der Waals surface area contributed by atoms with Crippen LogP contribution < -0.4 is 5.32 Å². The molecule has 110 valence electrons. The highest BCUT2D eigenvalue weighted by atomic mass is 79.9. The third-order valence-electron chi connectivity index (χ3n) is 3.76. The van der Waals surface area contributed by atoms with Crippen LogP contribution >= 0.6 is 15.9 Å². The monoisotopic (exact) mass is 341 g/mol. The molecule has 0 radical (unpaired) electrons. The number of aliphatic hydroxyl groups excluding tert-OH is 1. The molecule has 1 unspecified atom stereocenters. The minimum absolute atomic E-state index is 0.0373. The molecule has 4 nitrogen and oxygen atoms in total. The molecule has 1 aliphatic rings. The van der Waals surface area contributed by atoms with Crippen molar-refractivity contribution in [2.45, 2.75) is 30.7 Å². The molecule has 1 saturated carbocycles. The Bertz CT molecular complexity index is 451. The summed E-state index contributed by atoms with van der Waals surface area (Å²) in [6.45, 7) is 0.461. The van der Waals surface area contributed by atoms with Crippen LogP contribution in [0.4, 0.5) is 0 Å². The number of carbonyl (C=O) groups excluding carboxylic acids is 1. The van der Waals surface area contributed by atoms with Crippen molar-refractivity contribution in [2.24, 2.45) is 0 Å². The van der Waals surface area contributed by atoms with E-state index in [1.165, 1.54) is 0 Å². The van der Waals surface area contributed by atoms with Gasteiger partial charge in [-0.05, 0) is 37.0 Å². The normalized spacial score (nSPS) is 17.6. The van der Waals surface area contributed by atoms with E-state index < -0.39 is 0 Å². The van der Waals surface area contributed by atoms with Crippen LogP contribution in [-0.4, -0.2) is 37.4 Å². The Morgan fingerprint density at radius 1 is 1.45 bits per heavy atom. The third kappa shape index (κ3) is 3.40. The lowest BCUT2D eigenvalue weighted by molar-refractivity contribution is -0.124. The summed E-state index contributed by atoms with van der Waals surface area (Å²) in [5.74, 6) is 0.0373.